The fraction of sp³-hybridized carbons (Fsp3) is 0.133. The molecule has 0 unspecified atom stereocenters. The van der Waals surface area contributed by atoms with Gasteiger partial charge in [-0.15, -0.1) is 6.58 Å². The van der Waals surface area contributed by atoms with Crippen LogP contribution < -0.4 is 10.1 Å². The zero-order valence-corrected chi connectivity index (χ0v) is 13.8. The number of benzene rings is 1. The van der Waals surface area contributed by atoms with Crippen LogP contribution in [-0.4, -0.2) is 45.5 Å². The Kier molecular flexibility index (Phi) is 5.13. The van der Waals surface area contributed by atoms with Crippen molar-refractivity contribution >= 4 is 40.9 Å². The van der Waals surface area contributed by atoms with Crippen LogP contribution in [0.4, 0.5) is 5.69 Å². The quantitative estimate of drug-likeness (QED) is 0.201. The van der Waals surface area contributed by atoms with Crippen molar-refractivity contribution in [2.24, 2.45) is 0 Å². The molecule has 1 aromatic carbocycles. The second-order valence-corrected chi connectivity index (χ2v) is 5.25. The molecule has 10 heteroatoms. The maximum atomic E-state index is 12.4. The van der Waals surface area contributed by atoms with Gasteiger partial charge in [0.2, 0.25) is 5.75 Å². The van der Waals surface area contributed by atoms with E-state index in [2.05, 4.69) is 11.9 Å². The summed E-state index contributed by atoms with van der Waals surface area (Å²) in [5, 5.41) is 23.4. The van der Waals surface area contributed by atoms with Crippen molar-refractivity contribution < 1.29 is 24.4 Å². The molecular weight excluding hydrogens is 350 g/mol. The smallest absolute Gasteiger partial charge is 0.311 e. The van der Waals surface area contributed by atoms with E-state index < -0.39 is 22.4 Å². The van der Waals surface area contributed by atoms with E-state index in [0.29, 0.717) is 0 Å². The topological polar surface area (TPSA) is 122 Å². The average Bonchev–Trinajstić information content (AvgIpc) is 2.55. The van der Waals surface area contributed by atoms with E-state index in [0.717, 1.165) is 23.1 Å². The summed E-state index contributed by atoms with van der Waals surface area (Å²) in [6, 6.07) is 2.04. The molecule has 1 aliphatic rings. The minimum absolute atomic E-state index is 0.0722. The Balaban J connectivity index is 2.54. The third-order valence-corrected chi connectivity index (χ3v) is 3.64. The van der Waals surface area contributed by atoms with E-state index in [1.165, 1.54) is 13.2 Å². The van der Waals surface area contributed by atoms with Crippen molar-refractivity contribution in [3.05, 3.63) is 46.0 Å². The standard InChI is InChI=1S/C15H13N3O6S/c1-3-4-17-14(21)9(13(20)16-15(17)25)5-8-6-10(18(22)23)12(24-2)7-11(8)19/h3,5-7,19H,1,4H2,2H3,(H,16,20,25)/b9-5+. The molecule has 1 aliphatic heterocycles. The van der Waals surface area contributed by atoms with Gasteiger partial charge in [0, 0.05) is 24.2 Å². The number of methoxy groups -OCH3 is 1. The molecule has 25 heavy (non-hydrogen) atoms. The summed E-state index contributed by atoms with van der Waals surface area (Å²) >= 11 is 4.92. The van der Waals surface area contributed by atoms with Crippen molar-refractivity contribution in [1.82, 2.24) is 10.2 Å². The van der Waals surface area contributed by atoms with Crippen molar-refractivity contribution in [2.75, 3.05) is 13.7 Å². The Bertz CT molecular complexity index is 833. The number of nitrogens with zero attached hydrogens (tertiary/aromatic N) is 2. The predicted molar refractivity (Wildman–Crippen MR) is 91.9 cm³/mol. The molecule has 1 fully saturated rings. The van der Waals surface area contributed by atoms with Crippen molar-refractivity contribution in [3.8, 4) is 11.5 Å². The van der Waals surface area contributed by atoms with E-state index >= 15 is 0 Å². The molecule has 130 valence electrons. The third-order valence-electron chi connectivity index (χ3n) is 3.32. The molecule has 9 nitrogen and oxygen atoms in total. The first-order valence-electron chi connectivity index (χ1n) is 6.85. The maximum absolute atomic E-state index is 12.4. The number of carbonyl (C=O) groups is 2. The molecule has 0 aliphatic carbocycles. The summed E-state index contributed by atoms with van der Waals surface area (Å²) in [5.74, 6) is -2.02. The van der Waals surface area contributed by atoms with Gasteiger partial charge in [-0.05, 0) is 18.3 Å². The lowest BCUT2D eigenvalue weighted by molar-refractivity contribution is -0.385. The van der Waals surface area contributed by atoms with Gasteiger partial charge < -0.3 is 9.84 Å². The fourth-order valence-corrected chi connectivity index (χ4v) is 2.39. The lowest BCUT2D eigenvalue weighted by Gasteiger charge is -2.27. The molecule has 2 amide bonds. The van der Waals surface area contributed by atoms with E-state index in [4.69, 9.17) is 17.0 Å². The number of ether oxygens (including phenoxy) is 1. The number of hydrogen-bond donors (Lipinski definition) is 2. The van der Waals surface area contributed by atoms with E-state index in [1.54, 1.807) is 0 Å². The van der Waals surface area contributed by atoms with Crippen molar-refractivity contribution in [3.63, 3.8) is 0 Å². The van der Waals surface area contributed by atoms with Crippen molar-refractivity contribution in [2.45, 2.75) is 0 Å². The first-order chi connectivity index (χ1) is 11.8. The number of phenols is 1. The van der Waals surface area contributed by atoms with E-state index in [9.17, 15) is 24.8 Å². The maximum Gasteiger partial charge on any atom is 0.311 e. The highest BCUT2D eigenvalue weighted by atomic mass is 32.1. The fourth-order valence-electron chi connectivity index (χ4n) is 2.14. The molecule has 1 heterocycles. The molecule has 1 aromatic rings. The molecule has 0 saturated carbocycles. The number of thiocarbonyl (C=S) groups is 1. The average molecular weight is 363 g/mol. The van der Waals surface area contributed by atoms with Crippen molar-refractivity contribution in [1.29, 1.82) is 0 Å². The lowest BCUT2D eigenvalue weighted by atomic mass is 10.1. The van der Waals surface area contributed by atoms with Gasteiger partial charge >= 0.3 is 5.69 Å². The first kappa shape index (κ1) is 18.1. The van der Waals surface area contributed by atoms with Gasteiger partial charge in [-0.3, -0.25) is 29.9 Å². The number of phenolic OH excluding ortho intramolecular Hbond substituents is 1. The summed E-state index contributed by atoms with van der Waals surface area (Å²) in [6.45, 7) is 3.57. The highest BCUT2D eigenvalue weighted by Crippen LogP contribution is 2.35. The molecule has 0 bridgehead atoms. The number of carbonyl (C=O) groups excluding carboxylic acids is 2. The highest BCUT2D eigenvalue weighted by molar-refractivity contribution is 7.80. The molecule has 0 spiro atoms. The second-order valence-electron chi connectivity index (χ2n) is 4.86. The van der Waals surface area contributed by atoms with Crippen LogP contribution >= 0.6 is 12.2 Å². The molecule has 1 saturated heterocycles. The van der Waals surface area contributed by atoms with Crippen LogP contribution in [0.2, 0.25) is 0 Å². The van der Waals surface area contributed by atoms with E-state index in [-0.39, 0.29) is 34.3 Å². The van der Waals surface area contributed by atoms with Crippen LogP contribution in [0.25, 0.3) is 6.08 Å². The Labute approximate surface area is 147 Å². The van der Waals surface area contributed by atoms with Gasteiger partial charge in [-0.1, -0.05) is 6.08 Å². The normalized spacial score (nSPS) is 16.0. The molecule has 2 rings (SSSR count). The number of aromatic hydroxyl groups is 1. The number of nitro groups is 1. The Hall–Kier alpha value is -3.27. The first-order valence-corrected chi connectivity index (χ1v) is 7.26. The lowest BCUT2D eigenvalue weighted by Crippen LogP contribution is -2.53. The summed E-state index contributed by atoms with van der Waals surface area (Å²) in [4.78, 5) is 35.9. The van der Waals surface area contributed by atoms with Gasteiger partial charge in [0.25, 0.3) is 11.8 Å². The van der Waals surface area contributed by atoms with Crippen LogP contribution in [0, 0.1) is 10.1 Å². The summed E-state index contributed by atoms with van der Waals surface area (Å²) in [7, 11) is 1.21. The summed E-state index contributed by atoms with van der Waals surface area (Å²) in [5.41, 5.74) is -0.836. The van der Waals surface area contributed by atoms with Gasteiger partial charge in [0.15, 0.2) is 5.11 Å². The van der Waals surface area contributed by atoms with Gasteiger partial charge in [0.1, 0.15) is 11.3 Å². The summed E-state index contributed by atoms with van der Waals surface area (Å²) < 4.78 is 4.83. The number of amides is 2. The SMILES string of the molecule is C=CCN1C(=O)/C(=C/c2cc([N+](=O)[O-])c(OC)cc2O)C(=O)NC1=S. The van der Waals surface area contributed by atoms with Crippen LogP contribution in [0.15, 0.2) is 30.4 Å². The van der Waals surface area contributed by atoms with E-state index in [1.807, 2.05) is 0 Å². The second kappa shape index (κ2) is 7.09. The van der Waals surface area contributed by atoms with Gasteiger partial charge in [-0.2, -0.15) is 0 Å². The Morgan fingerprint density at radius 3 is 2.72 bits per heavy atom. The number of nitrogens with one attached hydrogen (secondary N) is 1. The molecule has 2 N–H and O–H groups in total. The Morgan fingerprint density at radius 2 is 2.16 bits per heavy atom. The van der Waals surface area contributed by atoms with Crippen LogP contribution in [0.3, 0.4) is 0 Å². The molecular formula is C15H13N3O6S. The molecule has 0 aromatic heterocycles. The highest BCUT2D eigenvalue weighted by Gasteiger charge is 2.33. The van der Waals surface area contributed by atoms with Crippen LogP contribution in [0.1, 0.15) is 5.56 Å². The predicted octanol–water partition coefficient (Wildman–Crippen LogP) is 1.12. The largest absolute Gasteiger partial charge is 0.507 e. The minimum Gasteiger partial charge on any atom is -0.507 e. The molecule has 0 atom stereocenters. The Morgan fingerprint density at radius 1 is 1.48 bits per heavy atom. The monoisotopic (exact) mass is 363 g/mol. The van der Waals surface area contributed by atoms with Crippen LogP contribution in [0.5, 0.6) is 11.5 Å². The minimum atomic E-state index is -0.770. The zero-order valence-electron chi connectivity index (χ0n) is 13.0. The van der Waals surface area contributed by atoms with Gasteiger partial charge in [-0.25, -0.2) is 0 Å². The summed E-state index contributed by atoms with van der Waals surface area (Å²) in [6.07, 6.45) is 2.48. The third kappa shape index (κ3) is 3.48. The molecule has 0 radical (unpaired) electrons. The number of hydrogen-bond acceptors (Lipinski definition) is 7. The zero-order chi connectivity index (χ0) is 18.7. The van der Waals surface area contributed by atoms with Crippen LogP contribution in [-0.2, 0) is 9.59 Å². The van der Waals surface area contributed by atoms with Gasteiger partial charge in [0.05, 0.1) is 12.0 Å². The number of nitro benzene ring substituents is 1. The number of rotatable bonds is 5.